The molecule has 3 heteroatoms. The van der Waals surface area contributed by atoms with Crippen LogP contribution in [0.25, 0.3) is 11.1 Å². The summed E-state index contributed by atoms with van der Waals surface area (Å²) in [6.45, 7) is 1.10. The van der Waals surface area contributed by atoms with E-state index in [9.17, 15) is 15.0 Å². The lowest BCUT2D eigenvalue weighted by Gasteiger charge is -2.22. The number of hydrogen-bond acceptors (Lipinski definition) is 2. The summed E-state index contributed by atoms with van der Waals surface area (Å²) in [7, 11) is 0. The Labute approximate surface area is 112 Å². The molecule has 2 N–H and O–H groups in total. The molecule has 3 nitrogen and oxygen atoms in total. The highest BCUT2D eigenvalue weighted by atomic mass is 16.4. The van der Waals surface area contributed by atoms with E-state index in [0.717, 1.165) is 11.1 Å². The SMILES string of the molecule is CC(CO)(C(=O)O)c1ccc(-c2ccccc2)cc1. The quantitative estimate of drug-likeness (QED) is 0.884. The van der Waals surface area contributed by atoms with Crippen molar-refractivity contribution >= 4 is 5.97 Å². The molecule has 0 aliphatic carbocycles. The highest BCUT2D eigenvalue weighted by Gasteiger charge is 2.34. The second-order valence-corrected chi connectivity index (χ2v) is 4.74. The summed E-state index contributed by atoms with van der Waals surface area (Å²) in [6.07, 6.45) is 0. The van der Waals surface area contributed by atoms with Crippen LogP contribution in [-0.2, 0) is 10.2 Å². The van der Waals surface area contributed by atoms with Gasteiger partial charge >= 0.3 is 5.97 Å². The zero-order valence-electron chi connectivity index (χ0n) is 10.7. The largest absolute Gasteiger partial charge is 0.481 e. The number of carbonyl (C=O) groups is 1. The zero-order chi connectivity index (χ0) is 13.9. The molecule has 0 radical (unpaired) electrons. The third kappa shape index (κ3) is 2.51. The topological polar surface area (TPSA) is 57.5 Å². The van der Waals surface area contributed by atoms with Crippen LogP contribution < -0.4 is 0 Å². The summed E-state index contributed by atoms with van der Waals surface area (Å²) < 4.78 is 0. The average molecular weight is 256 g/mol. The van der Waals surface area contributed by atoms with Crippen molar-refractivity contribution in [3.05, 3.63) is 60.2 Å². The molecule has 0 saturated heterocycles. The van der Waals surface area contributed by atoms with Gasteiger partial charge in [-0.25, -0.2) is 0 Å². The fourth-order valence-electron chi connectivity index (χ4n) is 1.94. The van der Waals surface area contributed by atoms with E-state index in [2.05, 4.69) is 0 Å². The highest BCUT2D eigenvalue weighted by molar-refractivity contribution is 5.81. The second-order valence-electron chi connectivity index (χ2n) is 4.74. The van der Waals surface area contributed by atoms with Crippen LogP contribution in [-0.4, -0.2) is 22.8 Å². The Morgan fingerprint density at radius 1 is 1.00 bits per heavy atom. The number of rotatable bonds is 4. The summed E-state index contributed by atoms with van der Waals surface area (Å²) in [6, 6.07) is 17.1. The lowest BCUT2D eigenvalue weighted by Crippen LogP contribution is -2.36. The lowest BCUT2D eigenvalue weighted by molar-refractivity contribution is -0.144. The maximum absolute atomic E-state index is 11.2. The third-order valence-electron chi connectivity index (χ3n) is 3.42. The Morgan fingerprint density at radius 3 is 2.00 bits per heavy atom. The molecule has 2 aromatic rings. The van der Waals surface area contributed by atoms with E-state index in [1.54, 1.807) is 12.1 Å². The molecule has 0 heterocycles. The van der Waals surface area contributed by atoms with Gasteiger partial charge in [-0.3, -0.25) is 4.79 Å². The number of aliphatic hydroxyl groups excluding tert-OH is 1. The molecule has 19 heavy (non-hydrogen) atoms. The Bertz CT molecular complexity index is 560. The van der Waals surface area contributed by atoms with Crippen LogP contribution in [0.1, 0.15) is 12.5 Å². The summed E-state index contributed by atoms with van der Waals surface area (Å²) in [5.41, 5.74) is 1.45. The maximum atomic E-state index is 11.2. The molecule has 0 spiro atoms. The minimum Gasteiger partial charge on any atom is -0.481 e. The monoisotopic (exact) mass is 256 g/mol. The number of aliphatic hydroxyl groups is 1. The fraction of sp³-hybridized carbons (Fsp3) is 0.188. The van der Waals surface area contributed by atoms with Crippen molar-refractivity contribution in [1.29, 1.82) is 0 Å². The number of hydrogen-bond donors (Lipinski definition) is 2. The van der Waals surface area contributed by atoms with Crippen LogP contribution in [0.3, 0.4) is 0 Å². The van der Waals surface area contributed by atoms with Crippen LogP contribution in [0.2, 0.25) is 0 Å². The van der Waals surface area contributed by atoms with Gasteiger partial charge in [0.1, 0.15) is 5.41 Å². The molecule has 0 aliphatic heterocycles. The van der Waals surface area contributed by atoms with E-state index in [1.807, 2.05) is 42.5 Å². The van der Waals surface area contributed by atoms with Crippen molar-refractivity contribution in [3.63, 3.8) is 0 Å². The van der Waals surface area contributed by atoms with Crippen molar-refractivity contribution in [3.8, 4) is 11.1 Å². The van der Waals surface area contributed by atoms with Gasteiger partial charge in [0.15, 0.2) is 0 Å². The first kappa shape index (κ1) is 13.3. The maximum Gasteiger partial charge on any atom is 0.316 e. The van der Waals surface area contributed by atoms with Crippen molar-refractivity contribution in [2.45, 2.75) is 12.3 Å². The predicted molar refractivity (Wildman–Crippen MR) is 74.0 cm³/mol. The first-order chi connectivity index (χ1) is 9.08. The predicted octanol–water partition coefficient (Wildman–Crippen LogP) is 2.69. The van der Waals surface area contributed by atoms with Crippen molar-refractivity contribution < 1.29 is 15.0 Å². The van der Waals surface area contributed by atoms with Crippen molar-refractivity contribution in [1.82, 2.24) is 0 Å². The molecule has 0 aromatic heterocycles. The minimum absolute atomic E-state index is 0.424. The Balaban J connectivity index is 2.36. The molecule has 1 unspecified atom stereocenters. The normalized spacial score (nSPS) is 13.8. The number of aliphatic carboxylic acids is 1. The summed E-state index contributed by atoms with van der Waals surface area (Å²) in [5, 5.41) is 18.5. The van der Waals surface area contributed by atoms with Gasteiger partial charge in [0.2, 0.25) is 0 Å². The molecular formula is C16H16O3. The molecule has 0 saturated carbocycles. The molecule has 0 bridgehead atoms. The van der Waals surface area contributed by atoms with E-state index < -0.39 is 18.0 Å². The van der Waals surface area contributed by atoms with Crippen LogP contribution in [0, 0.1) is 0 Å². The molecule has 2 rings (SSSR count). The van der Waals surface area contributed by atoms with Crippen LogP contribution in [0.15, 0.2) is 54.6 Å². The summed E-state index contributed by atoms with van der Waals surface area (Å²) >= 11 is 0. The molecule has 0 aliphatic rings. The minimum atomic E-state index is -1.25. The zero-order valence-corrected chi connectivity index (χ0v) is 10.7. The second kappa shape index (κ2) is 5.24. The van der Waals surface area contributed by atoms with Gasteiger partial charge in [0, 0.05) is 0 Å². The average Bonchev–Trinajstić information content (AvgIpc) is 2.47. The fourth-order valence-corrected chi connectivity index (χ4v) is 1.94. The molecular weight excluding hydrogens is 240 g/mol. The van der Waals surface area contributed by atoms with Gasteiger partial charge in [-0.1, -0.05) is 54.6 Å². The van der Waals surface area contributed by atoms with Gasteiger partial charge in [-0.05, 0) is 23.6 Å². The standard InChI is InChI=1S/C16H16O3/c1-16(11-17,15(18)19)14-9-7-13(8-10-14)12-5-3-2-4-6-12/h2-10,17H,11H2,1H3,(H,18,19). The molecule has 1 atom stereocenters. The highest BCUT2D eigenvalue weighted by Crippen LogP contribution is 2.27. The lowest BCUT2D eigenvalue weighted by atomic mass is 9.83. The van der Waals surface area contributed by atoms with E-state index >= 15 is 0 Å². The third-order valence-corrected chi connectivity index (χ3v) is 3.42. The van der Waals surface area contributed by atoms with E-state index in [-0.39, 0.29) is 0 Å². The van der Waals surface area contributed by atoms with Gasteiger partial charge in [-0.15, -0.1) is 0 Å². The molecule has 98 valence electrons. The number of benzene rings is 2. The van der Waals surface area contributed by atoms with E-state index in [0.29, 0.717) is 5.56 Å². The Kier molecular flexibility index (Phi) is 3.67. The van der Waals surface area contributed by atoms with Gasteiger partial charge in [0.25, 0.3) is 0 Å². The first-order valence-electron chi connectivity index (χ1n) is 6.08. The molecule has 0 fully saturated rings. The van der Waals surface area contributed by atoms with Gasteiger partial charge in [-0.2, -0.15) is 0 Å². The van der Waals surface area contributed by atoms with Crippen LogP contribution in [0.4, 0.5) is 0 Å². The Hall–Kier alpha value is -2.13. The number of carboxylic acid groups (broad SMARTS) is 1. The van der Waals surface area contributed by atoms with Crippen LogP contribution in [0.5, 0.6) is 0 Å². The Morgan fingerprint density at radius 2 is 1.53 bits per heavy atom. The van der Waals surface area contributed by atoms with E-state index in [4.69, 9.17) is 0 Å². The summed E-state index contributed by atoms with van der Waals surface area (Å²) in [5.74, 6) is -1.03. The smallest absolute Gasteiger partial charge is 0.316 e. The first-order valence-corrected chi connectivity index (χ1v) is 6.08. The van der Waals surface area contributed by atoms with Gasteiger partial charge in [0.05, 0.1) is 6.61 Å². The summed E-state index contributed by atoms with van der Waals surface area (Å²) in [4.78, 5) is 11.2. The molecule has 2 aromatic carbocycles. The van der Waals surface area contributed by atoms with Gasteiger partial charge < -0.3 is 10.2 Å². The van der Waals surface area contributed by atoms with Crippen molar-refractivity contribution in [2.75, 3.05) is 6.61 Å². The number of carboxylic acids is 1. The molecule has 0 amide bonds. The van der Waals surface area contributed by atoms with E-state index in [1.165, 1.54) is 6.92 Å². The van der Waals surface area contributed by atoms with Crippen LogP contribution >= 0.6 is 0 Å². The van der Waals surface area contributed by atoms with Crippen molar-refractivity contribution in [2.24, 2.45) is 0 Å².